The van der Waals surface area contributed by atoms with Crippen molar-refractivity contribution in [3.8, 4) is 0 Å². The molecule has 144 valence electrons. The summed E-state index contributed by atoms with van der Waals surface area (Å²) in [4.78, 5) is 32.1. The predicted octanol–water partition coefficient (Wildman–Crippen LogP) is -2.44. The van der Waals surface area contributed by atoms with Gasteiger partial charge in [0.15, 0.2) is 0 Å². The van der Waals surface area contributed by atoms with E-state index in [2.05, 4.69) is 9.47 Å². The van der Waals surface area contributed by atoms with Crippen molar-refractivity contribution in [1.29, 1.82) is 0 Å². The fraction of sp³-hybridized carbons (Fsp3) is 0.118. The summed E-state index contributed by atoms with van der Waals surface area (Å²) < 4.78 is 39.7. The van der Waals surface area contributed by atoms with Gasteiger partial charge in [-0.15, -0.1) is 0 Å². The van der Waals surface area contributed by atoms with Gasteiger partial charge >= 0.3 is 41.5 Å². The zero-order chi connectivity index (χ0) is 20.6. The minimum atomic E-state index is -4.55. The van der Waals surface area contributed by atoms with Crippen molar-refractivity contribution >= 4 is 28.0 Å². The summed E-state index contributed by atoms with van der Waals surface area (Å²) in [5.41, 5.74) is -0.154. The van der Waals surface area contributed by atoms with Gasteiger partial charge in [-0.05, 0) is 23.8 Å². The minimum absolute atomic E-state index is 0. The third-order valence-corrected chi connectivity index (χ3v) is 3.89. The van der Waals surface area contributed by atoms with E-state index in [9.17, 15) is 27.9 Å². The summed E-state index contributed by atoms with van der Waals surface area (Å²) in [5.74, 6) is -2.81. The number of aromatic carboxylic acids is 1. The number of carbonyl (C=O) groups is 3. The summed E-state index contributed by atoms with van der Waals surface area (Å²) in [6.07, 6.45) is 0. The number of carbonyl (C=O) groups excluding carboxylic acids is 3. The van der Waals surface area contributed by atoms with E-state index in [1.807, 2.05) is 0 Å². The molecule has 1 N–H and O–H groups in total. The van der Waals surface area contributed by atoms with Crippen LogP contribution in [-0.2, 0) is 19.6 Å². The van der Waals surface area contributed by atoms with Crippen molar-refractivity contribution in [2.45, 2.75) is 4.90 Å². The zero-order valence-corrected chi connectivity index (χ0v) is 18.1. The summed E-state index contributed by atoms with van der Waals surface area (Å²) in [7, 11) is -2.35. The maximum Gasteiger partial charge on any atom is 1.00 e. The molecule has 0 bridgehead atoms. The van der Waals surface area contributed by atoms with Gasteiger partial charge in [0.1, 0.15) is 0 Å². The molecule has 9 nitrogen and oxygen atoms in total. The maximum absolute atomic E-state index is 11.3. The molecule has 0 saturated carbocycles. The topological polar surface area (TPSA) is 147 Å². The average molecular weight is 418 g/mol. The number of carboxylic acids is 1. The van der Waals surface area contributed by atoms with Crippen LogP contribution in [0.4, 0.5) is 0 Å². The number of hydrogen-bond donors (Lipinski definition) is 1. The van der Waals surface area contributed by atoms with Crippen LogP contribution in [0.3, 0.4) is 0 Å². The third kappa shape index (κ3) is 7.79. The zero-order valence-electron chi connectivity index (χ0n) is 15.2. The van der Waals surface area contributed by atoms with E-state index in [0.717, 1.165) is 32.4 Å². The number of rotatable bonds is 4. The largest absolute Gasteiger partial charge is 1.00 e. The molecule has 11 heteroatoms. The van der Waals surface area contributed by atoms with Gasteiger partial charge in [-0.25, -0.2) is 9.59 Å². The molecule has 0 atom stereocenters. The van der Waals surface area contributed by atoms with Crippen molar-refractivity contribution in [3.05, 3.63) is 65.2 Å². The molecular formula is C17H15NaO9S. The molecule has 2 aromatic carbocycles. The first-order valence-corrected chi connectivity index (χ1v) is 8.59. The minimum Gasteiger partial charge on any atom is -0.545 e. The molecule has 0 aromatic heterocycles. The number of esters is 2. The molecule has 0 fully saturated rings. The van der Waals surface area contributed by atoms with Crippen molar-refractivity contribution in [1.82, 2.24) is 0 Å². The molecule has 0 spiro atoms. The fourth-order valence-corrected chi connectivity index (χ4v) is 2.35. The maximum atomic E-state index is 11.3. The van der Waals surface area contributed by atoms with Gasteiger partial charge in [0.05, 0.1) is 36.2 Å². The first-order valence-electron chi connectivity index (χ1n) is 7.15. The molecule has 0 amide bonds. The van der Waals surface area contributed by atoms with Crippen LogP contribution in [0, 0.1) is 0 Å². The smallest absolute Gasteiger partial charge is 0.545 e. The van der Waals surface area contributed by atoms with E-state index in [1.54, 1.807) is 18.2 Å². The Balaban J connectivity index is 0.000000614. The van der Waals surface area contributed by atoms with E-state index < -0.39 is 32.9 Å². The number of carboxylic acid groups (broad SMARTS) is 1. The Labute approximate surface area is 183 Å². The fourth-order valence-electron chi connectivity index (χ4n) is 1.79. The standard InChI is InChI=1S/C10H10O7S.C7H6O2.Na/c1-16-9(11)6-3-7(10(12)17-2)5-8(4-6)18(13,14)15;8-7(9)6-4-2-1-3-5-6;/h3-5H,1-2H3,(H,13,14,15);1-5H,(H,8,9);/q;;+1/p-1. The van der Waals surface area contributed by atoms with Crippen molar-refractivity contribution in [3.63, 3.8) is 0 Å². The first kappa shape index (κ1) is 25.8. The molecular weight excluding hydrogens is 403 g/mol. The van der Waals surface area contributed by atoms with Crippen LogP contribution >= 0.6 is 0 Å². The molecule has 2 rings (SSSR count). The third-order valence-electron chi connectivity index (χ3n) is 3.06. The number of methoxy groups -OCH3 is 2. The Kier molecular flexibility index (Phi) is 10.6. The Hall–Kier alpha value is -2.24. The molecule has 2 aromatic rings. The van der Waals surface area contributed by atoms with Crippen LogP contribution < -0.4 is 34.7 Å². The summed E-state index contributed by atoms with van der Waals surface area (Å²) in [6, 6.07) is 11.0. The molecule has 0 aliphatic rings. The number of hydrogen-bond acceptors (Lipinski definition) is 8. The second-order valence-corrected chi connectivity index (χ2v) is 6.28. The van der Waals surface area contributed by atoms with Crippen LogP contribution in [0.5, 0.6) is 0 Å². The van der Waals surface area contributed by atoms with E-state index in [1.165, 1.54) is 12.1 Å². The second kappa shape index (κ2) is 11.6. The Morgan fingerprint density at radius 3 is 1.57 bits per heavy atom. The van der Waals surface area contributed by atoms with Gasteiger partial charge in [-0.2, -0.15) is 8.42 Å². The summed E-state index contributed by atoms with van der Waals surface area (Å²) in [6.45, 7) is 0. The molecule has 0 heterocycles. The van der Waals surface area contributed by atoms with E-state index in [4.69, 9.17) is 4.55 Å². The van der Waals surface area contributed by atoms with Crippen LogP contribution in [-0.4, -0.2) is 45.1 Å². The van der Waals surface area contributed by atoms with Gasteiger partial charge in [-0.1, -0.05) is 30.3 Å². The molecule has 0 aliphatic heterocycles. The number of ether oxygens (including phenoxy) is 2. The predicted molar refractivity (Wildman–Crippen MR) is 89.7 cm³/mol. The second-order valence-electron chi connectivity index (χ2n) is 4.86. The van der Waals surface area contributed by atoms with E-state index in [-0.39, 0.29) is 46.2 Å². The van der Waals surface area contributed by atoms with Gasteiger partial charge < -0.3 is 19.4 Å². The van der Waals surface area contributed by atoms with E-state index in [0.29, 0.717) is 0 Å². The molecule has 0 unspecified atom stereocenters. The van der Waals surface area contributed by atoms with Crippen LogP contribution in [0.25, 0.3) is 0 Å². The van der Waals surface area contributed by atoms with E-state index >= 15 is 0 Å². The van der Waals surface area contributed by atoms with Crippen LogP contribution in [0.2, 0.25) is 0 Å². The normalized spacial score (nSPS) is 9.82. The molecule has 0 aliphatic carbocycles. The Morgan fingerprint density at radius 1 is 0.857 bits per heavy atom. The van der Waals surface area contributed by atoms with Crippen LogP contribution in [0.1, 0.15) is 31.1 Å². The summed E-state index contributed by atoms with van der Waals surface area (Å²) >= 11 is 0. The monoisotopic (exact) mass is 418 g/mol. The van der Waals surface area contributed by atoms with Crippen LogP contribution in [0.15, 0.2) is 53.4 Å². The first-order chi connectivity index (χ1) is 12.6. The van der Waals surface area contributed by atoms with Gasteiger partial charge in [0.2, 0.25) is 0 Å². The molecule has 0 saturated heterocycles. The van der Waals surface area contributed by atoms with Gasteiger partial charge in [-0.3, -0.25) is 4.55 Å². The molecule has 28 heavy (non-hydrogen) atoms. The van der Waals surface area contributed by atoms with Gasteiger partial charge in [0, 0.05) is 0 Å². The molecule has 0 radical (unpaired) electrons. The quantitative estimate of drug-likeness (QED) is 0.325. The van der Waals surface area contributed by atoms with Crippen molar-refractivity contribution < 1.29 is 71.5 Å². The Bertz CT molecular complexity index is 906. The SMILES string of the molecule is COC(=O)c1cc(C(=O)OC)cc(S(=O)(=O)O)c1.O=C([O-])c1ccccc1.[Na+]. The number of benzene rings is 2. The van der Waals surface area contributed by atoms with Gasteiger partial charge in [0.25, 0.3) is 10.1 Å². The summed E-state index contributed by atoms with van der Waals surface area (Å²) in [5, 5.41) is 10.1. The van der Waals surface area contributed by atoms with Crippen molar-refractivity contribution in [2.24, 2.45) is 0 Å². The van der Waals surface area contributed by atoms with Crippen molar-refractivity contribution in [2.75, 3.05) is 14.2 Å². The average Bonchev–Trinajstić information content (AvgIpc) is 2.66. The Morgan fingerprint density at radius 2 is 1.29 bits per heavy atom.